The number of urea groups is 1. The summed E-state index contributed by atoms with van der Waals surface area (Å²) < 4.78 is 5.21. The van der Waals surface area contributed by atoms with Crippen molar-refractivity contribution in [1.82, 2.24) is 9.80 Å². The van der Waals surface area contributed by atoms with Crippen LogP contribution in [-0.2, 0) is 4.79 Å². The minimum atomic E-state index is -0.187. The number of likely N-dealkylation sites (tertiary alicyclic amines) is 1. The second-order valence-electron chi connectivity index (χ2n) is 7.98. The summed E-state index contributed by atoms with van der Waals surface area (Å²) in [7, 11) is 3.47. The predicted molar refractivity (Wildman–Crippen MR) is 119 cm³/mol. The van der Waals surface area contributed by atoms with Crippen LogP contribution < -0.4 is 10.1 Å². The molecule has 0 radical (unpaired) electrons. The topological polar surface area (TPSA) is 61.9 Å². The van der Waals surface area contributed by atoms with Crippen molar-refractivity contribution in [1.29, 1.82) is 0 Å². The van der Waals surface area contributed by atoms with Crippen LogP contribution in [0.5, 0.6) is 5.75 Å². The van der Waals surface area contributed by atoms with Gasteiger partial charge in [-0.05, 0) is 62.1 Å². The Kier molecular flexibility index (Phi) is 6.98. The standard InChI is InChI=1S/C24H31N3O3/c1-17-7-5-9-21(15-17)25-24(29)27-14-6-8-20(16-27)23(28)26(3)18(2)19-10-12-22(30-4)13-11-19/h5,7,9-13,15,18,20H,6,8,14,16H2,1-4H3,(H,25,29). The molecular weight excluding hydrogens is 378 g/mol. The average molecular weight is 410 g/mol. The van der Waals surface area contributed by atoms with E-state index in [2.05, 4.69) is 5.32 Å². The van der Waals surface area contributed by atoms with Crippen LogP contribution in [0.3, 0.4) is 0 Å². The van der Waals surface area contributed by atoms with Gasteiger partial charge in [0.25, 0.3) is 0 Å². The van der Waals surface area contributed by atoms with Gasteiger partial charge < -0.3 is 19.9 Å². The zero-order valence-corrected chi connectivity index (χ0v) is 18.2. The largest absolute Gasteiger partial charge is 0.497 e. The van der Waals surface area contributed by atoms with Gasteiger partial charge >= 0.3 is 6.03 Å². The first kappa shape index (κ1) is 21.7. The molecule has 6 heteroatoms. The minimum Gasteiger partial charge on any atom is -0.497 e. The van der Waals surface area contributed by atoms with Crippen molar-refractivity contribution in [3.8, 4) is 5.75 Å². The van der Waals surface area contributed by atoms with Crippen molar-refractivity contribution in [2.75, 3.05) is 32.6 Å². The Hall–Kier alpha value is -3.02. The van der Waals surface area contributed by atoms with Gasteiger partial charge in [-0.25, -0.2) is 4.79 Å². The first-order valence-corrected chi connectivity index (χ1v) is 10.4. The number of anilines is 1. The number of ether oxygens (including phenoxy) is 1. The number of hydrogen-bond donors (Lipinski definition) is 1. The van der Waals surface area contributed by atoms with E-state index in [1.807, 2.05) is 69.4 Å². The molecule has 3 amide bonds. The van der Waals surface area contributed by atoms with Crippen LogP contribution in [-0.4, -0.2) is 49.0 Å². The van der Waals surface area contributed by atoms with Gasteiger partial charge in [0.1, 0.15) is 5.75 Å². The van der Waals surface area contributed by atoms with Crippen molar-refractivity contribution >= 4 is 17.6 Å². The number of hydrogen-bond acceptors (Lipinski definition) is 3. The summed E-state index contributed by atoms with van der Waals surface area (Å²) in [5.74, 6) is 0.682. The highest BCUT2D eigenvalue weighted by atomic mass is 16.5. The third kappa shape index (κ3) is 5.12. The van der Waals surface area contributed by atoms with Gasteiger partial charge in [0.15, 0.2) is 0 Å². The zero-order chi connectivity index (χ0) is 21.7. The molecule has 1 N–H and O–H groups in total. The molecule has 1 fully saturated rings. The number of benzene rings is 2. The Labute approximate surface area is 178 Å². The van der Waals surface area contributed by atoms with Gasteiger partial charge in [-0.1, -0.05) is 24.3 Å². The first-order valence-electron chi connectivity index (χ1n) is 10.4. The van der Waals surface area contributed by atoms with Crippen LogP contribution in [0.1, 0.15) is 36.9 Å². The molecule has 2 aromatic carbocycles. The molecule has 1 heterocycles. The Balaban J connectivity index is 1.61. The van der Waals surface area contributed by atoms with Crippen molar-refractivity contribution in [3.63, 3.8) is 0 Å². The minimum absolute atomic E-state index is 0.0556. The molecule has 0 aromatic heterocycles. The molecular formula is C24H31N3O3. The second kappa shape index (κ2) is 9.65. The van der Waals surface area contributed by atoms with Crippen LogP contribution in [0, 0.1) is 12.8 Å². The number of carbonyl (C=O) groups excluding carboxylic acids is 2. The van der Waals surface area contributed by atoms with E-state index >= 15 is 0 Å². The molecule has 30 heavy (non-hydrogen) atoms. The first-order chi connectivity index (χ1) is 14.4. The summed E-state index contributed by atoms with van der Waals surface area (Å²) in [6, 6.07) is 15.3. The highest BCUT2D eigenvalue weighted by Crippen LogP contribution is 2.26. The van der Waals surface area contributed by atoms with Gasteiger partial charge in [-0.15, -0.1) is 0 Å². The summed E-state index contributed by atoms with van der Waals surface area (Å²) in [4.78, 5) is 29.4. The summed E-state index contributed by atoms with van der Waals surface area (Å²) in [6.45, 7) is 5.12. The van der Waals surface area contributed by atoms with Gasteiger partial charge in [0, 0.05) is 25.8 Å². The quantitative estimate of drug-likeness (QED) is 0.793. The van der Waals surface area contributed by atoms with Crippen molar-refractivity contribution in [2.45, 2.75) is 32.7 Å². The highest BCUT2D eigenvalue weighted by Gasteiger charge is 2.32. The number of aryl methyl sites for hydroxylation is 1. The van der Waals surface area contributed by atoms with E-state index in [0.29, 0.717) is 13.1 Å². The van der Waals surface area contributed by atoms with Crippen molar-refractivity contribution in [3.05, 3.63) is 59.7 Å². The molecule has 2 aromatic rings. The van der Waals surface area contributed by atoms with Gasteiger partial charge in [-0.3, -0.25) is 4.79 Å². The van der Waals surface area contributed by atoms with E-state index < -0.39 is 0 Å². The molecule has 1 saturated heterocycles. The van der Waals surface area contributed by atoms with Gasteiger partial charge in [-0.2, -0.15) is 0 Å². The van der Waals surface area contributed by atoms with E-state index in [-0.39, 0.29) is 23.9 Å². The summed E-state index contributed by atoms with van der Waals surface area (Å²) in [5.41, 5.74) is 2.92. The Morgan fingerprint density at radius 3 is 2.60 bits per heavy atom. The molecule has 160 valence electrons. The maximum absolute atomic E-state index is 13.1. The van der Waals surface area contributed by atoms with Crippen LogP contribution in [0.4, 0.5) is 10.5 Å². The monoisotopic (exact) mass is 409 g/mol. The van der Waals surface area contributed by atoms with E-state index in [1.165, 1.54) is 0 Å². The summed E-state index contributed by atoms with van der Waals surface area (Å²) >= 11 is 0. The molecule has 3 rings (SSSR count). The fraction of sp³-hybridized carbons (Fsp3) is 0.417. The number of nitrogens with zero attached hydrogens (tertiary/aromatic N) is 2. The predicted octanol–water partition coefficient (Wildman–Crippen LogP) is 4.47. The molecule has 0 bridgehead atoms. The van der Waals surface area contributed by atoms with Crippen molar-refractivity contribution in [2.24, 2.45) is 5.92 Å². The zero-order valence-electron chi connectivity index (χ0n) is 18.2. The smallest absolute Gasteiger partial charge is 0.321 e. The molecule has 2 atom stereocenters. The van der Waals surface area contributed by atoms with Gasteiger partial charge in [0.2, 0.25) is 5.91 Å². The molecule has 0 spiro atoms. The maximum atomic E-state index is 13.1. The van der Waals surface area contributed by atoms with E-state index in [4.69, 9.17) is 4.74 Å². The molecule has 0 aliphatic carbocycles. The Bertz CT molecular complexity index is 882. The van der Waals surface area contributed by atoms with E-state index in [1.54, 1.807) is 16.9 Å². The van der Waals surface area contributed by atoms with Gasteiger partial charge in [0.05, 0.1) is 19.1 Å². The Morgan fingerprint density at radius 1 is 1.20 bits per heavy atom. The van der Waals surface area contributed by atoms with E-state index in [0.717, 1.165) is 35.4 Å². The van der Waals surface area contributed by atoms with Crippen LogP contribution in [0.15, 0.2) is 48.5 Å². The number of piperidine rings is 1. The average Bonchev–Trinajstić information content (AvgIpc) is 2.77. The van der Waals surface area contributed by atoms with Crippen LogP contribution in [0.2, 0.25) is 0 Å². The lowest BCUT2D eigenvalue weighted by atomic mass is 9.95. The fourth-order valence-corrected chi connectivity index (χ4v) is 3.87. The Morgan fingerprint density at radius 2 is 1.93 bits per heavy atom. The maximum Gasteiger partial charge on any atom is 0.321 e. The molecule has 2 unspecified atom stereocenters. The lowest BCUT2D eigenvalue weighted by Gasteiger charge is -2.35. The van der Waals surface area contributed by atoms with Crippen LogP contribution in [0.25, 0.3) is 0 Å². The number of amides is 3. The number of methoxy groups -OCH3 is 1. The third-order valence-corrected chi connectivity index (χ3v) is 5.85. The molecule has 0 saturated carbocycles. The molecule has 1 aliphatic heterocycles. The number of nitrogens with one attached hydrogen (secondary N) is 1. The number of carbonyl (C=O) groups is 2. The van der Waals surface area contributed by atoms with Crippen LogP contribution >= 0.6 is 0 Å². The highest BCUT2D eigenvalue weighted by molar-refractivity contribution is 5.90. The second-order valence-corrected chi connectivity index (χ2v) is 7.98. The third-order valence-electron chi connectivity index (χ3n) is 5.85. The fourth-order valence-electron chi connectivity index (χ4n) is 3.87. The molecule has 6 nitrogen and oxygen atoms in total. The van der Waals surface area contributed by atoms with Crippen molar-refractivity contribution < 1.29 is 14.3 Å². The summed E-state index contributed by atoms with van der Waals surface area (Å²) in [6.07, 6.45) is 1.62. The van der Waals surface area contributed by atoms with E-state index in [9.17, 15) is 9.59 Å². The number of rotatable bonds is 5. The SMILES string of the molecule is COc1ccc(C(C)N(C)C(=O)C2CCCN(C(=O)Nc3cccc(C)c3)C2)cc1. The normalized spacial score (nSPS) is 17.2. The molecule has 1 aliphatic rings. The summed E-state index contributed by atoms with van der Waals surface area (Å²) in [5, 5.41) is 2.95. The lowest BCUT2D eigenvalue weighted by Crippen LogP contribution is -2.47. The lowest BCUT2D eigenvalue weighted by molar-refractivity contribution is -0.137.